The molecule has 1 amide bonds. The summed E-state index contributed by atoms with van der Waals surface area (Å²) in [5.74, 6) is 2.59. The van der Waals surface area contributed by atoms with Gasteiger partial charge in [-0.1, -0.05) is 30.7 Å². The normalized spacial score (nSPS) is 26.0. The molecule has 0 radical (unpaired) electrons. The van der Waals surface area contributed by atoms with Gasteiger partial charge in [-0.15, -0.1) is 0 Å². The Morgan fingerprint density at radius 1 is 1.26 bits per heavy atom. The minimum absolute atomic E-state index is 0.214. The van der Waals surface area contributed by atoms with E-state index in [4.69, 9.17) is 4.74 Å². The smallest absolute Gasteiger partial charge is 0.220 e. The molecular formula is C20H29NO2. The van der Waals surface area contributed by atoms with Crippen LogP contribution in [0.15, 0.2) is 24.3 Å². The number of nitrogens with one attached hydrogen (secondary N) is 1. The SMILES string of the molecule is CC(C)OCc1cccc(CNC(=O)C[C@@H]2C[C@@H]3CC[C@@H]2C3)c1. The maximum Gasteiger partial charge on any atom is 0.220 e. The molecule has 2 saturated carbocycles. The lowest BCUT2D eigenvalue weighted by Crippen LogP contribution is -2.26. The molecule has 23 heavy (non-hydrogen) atoms. The van der Waals surface area contributed by atoms with Crippen LogP contribution in [0, 0.1) is 17.8 Å². The average molecular weight is 315 g/mol. The van der Waals surface area contributed by atoms with Crippen molar-refractivity contribution in [2.45, 2.75) is 65.2 Å². The van der Waals surface area contributed by atoms with Crippen molar-refractivity contribution >= 4 is 5.91 Å². The Bertz CT molecular complexity index is 540. The monoisotopic (exact) mass is 315 g/mol. The van der Waals surface area contributed by atoms with Gasteiger partial charge >= 0.3 is 0 Å². The average Bonchev–Trinajstić information content (AvgIpc) is 3.14. The van der Waals surface area contributed by atoms with Crippen molar-refractivity contribution in [3.63, 3.8) is 0 Å². The molecule has 2 aliphatic rings. The van der Waals surface area contributed by atoms with Gasteiger partial charge in [0.2, 0.25) is 5.91 Å². The minimum atomic E-state index is 0.214. The lowest BCUT2D eigenvalue weighted by Gasteiger charge is -2.20. The van der Waals surface area contributed by atoms with Crippen LogP contribution >= 0.6 is 0 Å². The molecule has 1 aromatic carbocycles. The number of hydrogen-bond acceptors (Lipinski definition) is 2. The van der Waals surface area contributed by atoms with E-state index in [-0.39, 0.29) is 12.0 Å². The first-order valence-corrected chi connectivity index (χ1v) is 9.06. The molecule has 0 unspecified atom stereocenters. The highest BCUT2D eigenvalue weighted by Gasteiger charge is 2.39. The van der Waals surface area contributed by atoms with Crippen molar-refractivity contribution in [3.05, 3.63) is 35.4 Å². The first-order chi connectivity index (χ1) is 11.1. The first-order valence-electron chi connectivity index (χ1n) is 9.06. The molecule has 3 nitrogen and oxygen atoms in total. The molecule has 2 aliphatic carbocycles. The fourth-order valence-corrected chi connectivity index (χ4v) is 4.23. The van der Waals surface area contributed by atoms with Crippen molar-refractivity contribution in [3.8, 4) is 0 Å². The summed E-state index contributed by atoms with van der Waals surface area (Å²) in [6.07, 6.45) is 6.35. The second-order valence-electron chi connectivity index (χ2n) is 7.60. The van der Waals surface area contributed by atoms with E-state index in [9.17, 15) is 4.79 Å². The van der Waals surface area contributed by atoms with Gasteiger partial charge in [-0.3, -0.25) is 4.79 Å². The summed E-state index contributed by atoms with van der Waals surface area (Å²) in [7, 11) is 0. The Labute approximate surface area is 139 Å². The number of rotatable bonds is 7. The van der Waals surface area contributed by atoms with E-state index < -0.39 is 0 Å². The molecule has 0 saturated heterocycles. The van der Waals surface area contributed by atoms with Gasteiger partial charge in [-0.05, 0) is 62.0 Å². The van der Waals surface area contributed by atoms with Crippen LogP contribution in [-0.2, 0) is 22.7 Å². The van der Waals surface area contributed by atoms with E-state index >= 15 is 0 Å². The molecule has 2 bridgehead atoms. The summed E-state index contributed by atoms with van der Waals surface area (Å²) in [6.45, 7) is 5.33. The second-order valence-corrected chi connectivity index (χ2v) is 7.60. The Balaban J connectivity index is 1.44. The van der Waals surface area contributed by atoms with Crippen molar-refractivity contribution in [1.29, 1.82) is 0 Å². The van der Waals surface area contributed by atoms with Crippen LogP contribution in [0.1, 0.15) is 57.1 Å². The third-order valence-electron chi connectivity index (χ3n) is 5.40. The quantitative estimate of drug-likeness (QED) is 0.824. The molecule has 2 fully saturated rings. The van der Waals surface area contributed by atoms with Gasteiger partial charge in [0.05, 0.1) is 12.7 Å². The largest absolute Gasteiger partial charge is 0.374 e. The van der Waals surface area contributed by atoms with Crippen LogP contribution < -0.4 is 5.32 Å². The molecule has 1 aromatic rings. The zero-order valence-electron chi connectivity index (χ0n) is 14.4. The van der Waals surface area contributed by atoms with Crippen molar-refractivity contribution in [2.75, 3.05) is 0 Å². The van der Waals surface area contributed by atoms with Gasteiger partial charge in [-0.25, -0.2) is 0 Å². The molecule has 0 heterocycles. The van der Waals surface area contributed by atoms with E-state index in [2.05, 4.69) is 23.5 Å². The summed E-state index contributed by atoms with van der Waals surface area (Å²) in [5, 5.41) is 3.10. The number of carbonyl (C=O) groups is 1. The number of carbonyl (C=O) groups excluding carboxylic acids is 1. The number of benzene rings is 1. The number of fused-ring (bicyclic) bond motifs is 2. The minimum Gasteiger partial charge on any atom is -0.374 e. The molecular weight excluding hydrogens is 286 g/mol. The summed E-state index contributed by atoms with van der Waals surface area (Å²) in [6, 6.07) is 8.30. The van der Waals surface area contributed by atoms with E-state index in [0.717, 1.165) is 23.8 Å². The zero-order chi connectivity index (χ0) is 16.2. The van der Waals surface area contributed by atoms with Gasteiger partial charge in [0.25, 0.3) is 0 Å². The fourth-order valence-electron chi connectivity index (χ4n) is 4.23. The van der Waals surface area contributed by atoms with Gasteiger partial charge < -0.3 is 10.1 Å². The highest BCUT2D eigenvalue weighted by Crippen LogP contribution is 2.49. The van der Waals surface area contributed by atoms with Crippen LogP contribution in [0.25, 0.3) is 0 Å². The van der Waals surface area contributed by atoms with Crippen LogP contribution in [0.4, 0.5) is 0 Å². The van der Waals surface area contributed by atoms with Crippen molar-refractivity contribution in [2.24, 2.45) is 17.8 Å². The highest BCUT2D eigenvalue weighted by atomic mass is 16.5. The molecule has 0 aromatic heterocycles. The predicted molar refractivity (Wildman–Crippen MR) is 91.8 cm³/mol. The summed E-state index contributed by atoms with van der Waals surface area (Å²) < 4.78 is 5.64. The van der Waals surface area contributed by atoms with Crippen LogP contribution in [-0.4, -0.2) is 12.0 Å². The van der Waals surface area contributed by atoms with Gasteiger partial charge in [0, 0.05) is 13.0 Å². The molecule has 3 heteroatoms. The van der Waals surface area contributed by atoms with Crippen LogP contribution in [0.5, 0.6) is 0 Å². The van der Waals surface area contributed by atoms with E-state index in [1.165, 1.54) is 31.2 Å². The zero-order valence-corrected chi connectivity index (χ0v) is 14.4. The highest BCUT2D eigenvalue weighted by molar-refractivity contribution is 5.76. The number of hydrogen-bond donors (Lipinski definition) is 1. The second kappa shape index (κ2) is 7.48. The molecule has 3 rings (SSSR count). The topological polar surface area (TPSA) is 38.3 Å². The molecule has 126 valence electrons. The molecule has 0 spiro atoms. The third kappa shape index (κ3) is 4.57. The number of amides is 1. The predicted octanol–water partition coefficient (Wildman–Crippen LogP) is 4.05. The lowest BCUT2D eigenvalue weighted by atomic mass is 9.86. The Morgan fingerprint density at radius 3 is 2.78 bits per heavy atom. The van der Waals surface area contributed by atoms with Crippen molar-refractivity contribution in [1.82, 2.24) is 5.32 Å². The van der Waals surface area contributed by atoms with Crippen LogP contribution in [0.3, 0.4) is 0 Å². The third-order valence-corrected chi connectivity index (χ3v) is 5.40. The maximum absolute atomic E-state index is 12.2. The standard InChI is InChI=1S/C20H29NO2/c1-14(2)23-13-17-5-3-4-16(8-17)12-21-20(22)11-19-10-15-6-7-18(19)9-15/h3-5,8,14-15,18-19H,6-7,9-13H2,1-2H3,(H,21,22)/t15-,18-,19+/m1/s1. The van der Waals surface area contributed by atoms with Gasteiger partial charge in [0.15, 0.2) is 0 Å². The lowest BCUT2D eigenvalue weighted by molar-refractivity contribution is -0.122. The molecule has 1 N–H and O–H groups in total. The van der Waals surface area contributed by atoms with E-state index in [0.29, 0.717) is 19.1 Å². The molecule has 3 atom stereocenters. The van der Waals surface area contributed by atoms with Crippen molar-refractivity contribution < 1.29 is 9.53 Å². The Morgan fingerprint density at radius 2 is 2.09 bits per heavy atom. The van der Waals surface area contributed by atoms with Crippen LogP contribution in [0.2, 0.25) is 0 Å². The summed E-state index contributed by atoms with van der Waals surface area (Å²) in [4.78, 5) is 12.2. The Hall–Kier alpha value is -1.35. The van der Waals surface area contributed by atoms with Gasteiger partial charge in [0.1, 0.15) is 0 Å². The summed E-state index contributed by atoms with van der Waals surface area (Å²) >= 11 is 0. The fraction of sp³-hybridized carbons (Fsp3) is 0.650. The maximum atomic E-state index is 12.2. The molecule has 0 aliphatic heterocycles. The number of ether oxygens (including phenoxy) is 1. The van der Waals surface area contributed by atoms with E-state index in [1.54, 1.807) is 0 Å². The summed E-state index contributed by atoms with van der Waals surface area (Å²) in [5.41, 5.74) is 2.31. The Kier molecular flexibility index (Phi) is 5.37. The van der Waals surface area contributed by atoms with E-state index in [1.807, 2.05) is 19.9 Å². The van der Waals surface area contributed by atoms with Gasteiger partial charge in [-0.2, -0.15) is 0 Å². The first kappa shape index (κ1) is 16.5.